The maximum Gasteiger partial charge on any atom is 0.337 e. The zero-order valence-electron chi connectivity index (χ0n) is 8.58. The van der Waals surface area contributed by atoms with E-state index < -0.39 is 5.97 Å². The number of carboxylic acids is 1. The lowest BCUT2D eigenvalue weighted by Crippen LogP contribution is -2.16. The van der Waals surface area contributed by atoms with E-state index in [0.29, 0.717) is 5.69 Å². The molecule has 1 fully saturated rings. The number of nitrogens with one attached hydrogen (secondary N) is 1. The van der Waals surface area contributed by atoms with Gasteiger partial charge in [-0.3, -0.25) is 0 Å². The summed E-state index contributed by atoms with van der Waals surface area (Å²) in [5.74, 6) is -0.989. The molecule has 0 unspecified atom stereocenters. The molecule has 2 rings (SSSR count). The van der Waals surface area contributed by atoms with Crippen molar-refractivity contribution in [2.24, 2.45) is 0 Å². The van der Waals surface area contributed by atoms with Crippen LogP contribution in [0, 0.1) is 0 Å². The SMILES string of the molecule is CC1(Nc2ccc(C(=O)O)c(N)c2)CC1. The average Bonchev–Trinajstić information content (AvgIpc) is 2.82. The van der Waals surface area contributed by atoms with Crippen molar-refractivity contribution in [3.05, 3.63) is 23.8 Å². The van der Waals surface area contributed by atoms with Gasteiger partial charge >= 0.3 is 5.97 Å². The third-order valence-corrected chi connectivity index (χ3v) is 2.73. The van der Waals surface area contributed by atoms with Gasteiger partial charge in [0.1, 0.15) is 0 Å². The summed E-state index contributed by atoms with van der Waals surface area (Å²) in [6, 6.07) is 4.96. The van der Waals surface area contributed by atoms with Crippen LogP contribution in [0.4, 0.5) is 11.4 Å². The molecule has 0 bridgehead atoms. The first-order valence-electron chi connectivity index (χ1n) is 4.91. The molecule has 0 aromatic heterocycles. The van der Waals surface area contributed by atoms with Crippen LogP contribution in [0.5, 0.6) is 0 Å². The largest absolute Gasteiger partial charge is 0.478 e. The van der Waals surface area contributed by atoms with Crippen LogP contribution in [-0.2, 0) is 0 Å². The van der Waals surface area contributed by atoms with Crippen LogP contribution < -0.4 is 11.1 Å². The molecule has 0 spiro atoms. The van der Waals surface area contributed by atoms with Crippen LogP contribution in [0.15, 0.2) is 18.2 Å². The highest BCUT2D eigenvalue weighted by Gasteiger charge is 2.37. The lowest BCUT2D eigenvalue weighted by molar-refractivity contribution is 0.0698. The second-order valence-electron chi connectivity index (χ2n) is 4.29. The van der Waals surface area contributed by atoms with Gasteiger partial charge in [0.2, 0.25) is 0 Å². The number of nitrogens with two attached hydrogens (primary N) is 1. The molecule has 1 aliphatic carbocycles. The van der Waals surface area contributed by atoms with Gasteiger partial charge in [-0.1, -0.05) is 0 Å². The molecule has 0 amide bonds. The summed E-state index contributed by atoms with van der Waals surface area (Å²) in [5.41, 5.74) is 7.16. The number of benzene rings is 1. The minimum Gasteiger partial charge on any atom is -0.478 e. The van der Waals surface area contributed by atoms with Crippen molar-refractivity contribution in [1.29, 1.82) is 0 Å². The Labute approximate surface area is 88.1 Å². The molecule has 0 saturated heterocycles. The van der Waals surface area contributed by atoms with Crippen molar-refractivity contribution >= 4 is 17.3 Å². The van der Waals surface area contributed by atoms with Gasteiger partial charge in [-0.15, -0.1) is 0 Å². The van der Waals surface area contributed by atoms with Gasteiger partial charge in [-0.25, -0.2) is 4.79 Å². The number of hydrogen-bond donors (Lipinski definition) is 3. The van der Waals surface area contributed by atoms with E-state index in [2.05, 4.69) is 12.2 Å². The molecule has 4 N–H and O–H groups in total. The lowest BCUT2D eigenvalue weighted by atomic mass is 10.1. The highest BCUT2D eigenvalue weighted by atomic mass is 16.4. The molecule has 80 valence electrons. The number of rotatable bonds is 3. The van der Waals surface area contributed by atoms with E-state index in [0.717, 1.165) is 18.5 Å². The van der Waals surface area contributed by atoms with Crippen LogP contribution in [-0.4, -0.2) is 16.6 Å². The first kappa shape index (κ1) is 9.83. The normalized spacial score (nSPS) is 17.1. The Balaban J connectivity index is 2.21. The van der Waals surface area contributed by atoms with Gasteiger partial charge in [0, 0.05) is 16.9 Å². The Morgan fingerprint density at radius 2 is 2.20 bits per heavy atom. The molecule has 0 aliphatic heterocycles. The molecular formula is C11H14N2O2. The molecule has 1 aromatic carbocycles. The van der Waals surface area contributed by atoms with Crippen LogP contribution in [0.3, 0.4) is 0 Å². The van der Waals surface area contributed by atoms with Crippen molar-refractivity contribution < 1.29 is 9.90 Å². The minimum absolute atomic E-state index is 0.154. The highest BCUT2D eigenvalue weighted by molar-refractivity contribution is 5.94. The van der Waals surface area contributed by atoms with Crippen LogP contribution in [0.25, 0.3) is 0 Å². The molecule has 4 heteroatoms. The van der Waals surface area contributed by atoms with Gasteiger partial charge in [0.15, 0.2) is 0 Å². The monoisotopic (exact) mass is 206 g/mol. The summed E-state index contributed by atoms with van der Waals surface area (Å²) in [6.07, 6.45) is 2.29. The van der Waals surface area contributed by atoms with Gasteiger partial charge in [-0.2, -0.15) is 0 Å². The van der Waals surface area contributed by atoms with Crippen LogP contribution >= 0.6 is 0 Å². The fourth-order valence-corrected chi connectivity index (χ4v) is 1.50. The number of nitrogen functional groups attached to an aromatic ring is 1. The second-order valence-corrected chi connectivity index (χ2v) is 4.29. The minimum atomic E-state index is -0.989. The van der Waals surface area contributed by atoms with Gasteiger partial charge in [0.05, 0.1) is 5.56 Å². The maximum atomic E-state index is 10.7. The smallest absolute Gasteiger partial charge is 0.337 e. The molecular weight excluding hydrogens is 192 g/mol. The van der Waals surface area contributed by atoms with Crippen molar-refractivity contribution in [2.45, 2.75) is 25.3 Å². The molecule has 1 aliphatic rings. The van der Waals surface area contributed by atoms with Gasteiger partial charge < -0.3 is 16.2 Å². The predicted octanol–water partition coefficient (Wildman–Crippen LogP) is 1.93. The Hall–Kier alpha value is -1.71. The molecule has 1 aromatic rings. The van der Waals surface area contributed by atoms with Crippen molar-refractivity contribution in [3.63, 3.8) is 0 Å². The molecule has 1 saturated carbocycles. The topological polar surface area (TPSA) is 75.3 Å². The van der Waals surface area contributed by atoms with Gasteiger partial charge in [-0.05, 0) is 38.0 Å². The second kappa shape index (κ2) is 3.15. The summed E-state index contributed by atoms with van der Waals surface area (Å²) in [4.78, 5) is 10.7. The summed E-state index contributed by atoms with van der Waals surface area (Å²) in [6.45, 7) is 2.13. The van der Waals surface area contributed by atoms with E-state index in [-0.39, 0.29) is 11.1 Å². The number of anilines is 2. The molecule has 15 heavy (non-hydrogen) atoms. The van der Waals surface area contributed by atoms with Crippen molar-refractivity contribution in [3.8, 4) is 0 Å². The number of carboxylic acid groups (broad SMARTS) is 1. The summed E-state index contributed by atoms with van der Waals surface area (Å²) in [5, 5.41) is 12.1. The van der Waals surface area contributed by atoms with E-state index in [9.17, 15) is 4.79 Å². The zero-order chi connectivity index (χ0) is 11.1. The lowest BCUT2D eigenvalue weighted by Gasteiger charge is -2.14. The summed E-state index contributed by atoms with van der Waals surface area (Å²) in [7, 11) is 0. The Morgan fingerprint density at radius 3 is 2.67 bits per heavy atom. The third kappa shape index (κ3) is 2.03. The van der Waals surface area contributed by atoms with E-state index >= 15 is 0 Å². The average molecular weight is 206 g/mol. The fourth-order valence-electron chi connectivity index (χ4n) is 1.50. The van der Waals surface area contributed by atoms with Gasteiger partial charge in [0.25, 0.3) is 0 Å². The zero-order valence-corrected chi connectivity index (χ0v) is 8.58. The highest BCUT2D eigenvalue weighted by Crippen LogP contribution is 2.38. The first-order chi connectivity index (χ1) is 7.00. The Bertz CT molecular complexity index is 411. The van der Waals surface area contributed by atoms with E-state index in [1.165, 1.54) is 6.07 Å². The van der Waals surface area contributed by atoms with Crippen LogP contribution in [0.2, 0.25) is 0 Å². The van der Waals surface area contributed by atoms with E-state index in [4.69, 9.17) is 10.8 Å². The quantitative estimate of drug-likeness (QED) is 0.660. The fraction of sp³-hybridized carbons (Fsp3) is 0.364. The standard InChI is InChI=1S/C11H14N2O2/c1-11(4-5-11)13-7-2-3-8(10(14)15)9(12)6-7/h2-3,6,13H,4-5,12H2,1H3,(H,14,15). The summed E-state index contributed by atoms with van der Waals surface area (Å²) < 4.78 is 0. The third-order valence-electron chi connectivity index (χ3n) is 2.73. The van der Waals surface area contributed by atoms with Crippen molar-refractivity contribution in [2.75, 3.05) is 11.1 Å². The molecule has 0 heterocycles. The number of aromatic carboxylic acids is 1. The van der Waals surface area contributed by atoms with Crippen LogP contribution in [0.1, 0.15) is 30.1 Å². The maximum absolute atomic E-state index is 10.7. The predicted molar refractivity (Wildman–Crippen MR) is 59.1 cm³/mol. The first-order valence-corrected chi connectivity index (χ1v) is 4.91. The Morgan fingerprint density at radius 1 is 1.53 bits per heavy atom. The Kier molecular flexibility index (Phi) is 2.07. The molecule has 0 radical (unpaired) electrons. The number of carbonyl (C=O) groups is 1. The van der Waals surface area contributed by atoms with E-state index in [1.807, 2.05) is 0 Å². The van der Waals surface area contributed by atoms with Crippen molar-refractivity contribution in [1.82, 2.24) is 0 Å². The number of hydrogen-bond acceptors (Lipinski definition) is 3. The molecule has 4 nitrogen and oxygen atoms in total. The molecule has 0 atom stereocenters. The summed E-state index contributed by atoms with van der Waals surface area (Å²) >= 11 is 0. The van der Waals surface area contributed by atoms with E-state index in [1.54, 1.807) is 12.1 Å².